The molecule has 2 aromatic heterocycles. The Labute approximate surface area is 165 Å². The van der Waals surface area contributed by atoms with Crippen molar-refractivity contribution in [2.45, 2.75) is 13.5 Å². The predicted octanol–water partition coefficient (Wildman–Crippen LogP) is 3.12. The van der Waals surface area contributed by atoms with Crippen molar-refractivity contribution in [3.05, 3.63) is 64.1 Å². The number of benzene rings is 1. The second-order valence-corrected chi connectivity index (χ2v) is 5.78. The highest BCUT2D eigenvalue weighted by Crippen LogP contribution is 2.23. The summed E-state index contributed by atoms with van der Waals surface area (Å²) in [5, 5.41) is 3.09. The fourth-order valence-corrected chi connectivity index (χ4v) is 2.64. The molecule has 0 saturated carbocycles. The molecule has 1 N–H and O–H groups in total. The first-order valence-corrected chi connectivity index (χ1v) is 8.68. The van der Waals surface area contributed by atoms with Crippen LogP contribution in [0.4, 0.5) is 10.5 Å². The van der Waals surface area contributed by atoms with Crippen molar-refractivity contribution in [1.82, 2.24) is 4.98 Å². The highest BCUT2D eigenvalue weighted by molar-refractivity contribution is 5.92. The number of hydrogen-bond acceptors (Lipinski definition) is 8. The van der Waals surface area contributed by atoms with Gasteiger partial charge in [-0.2, -0.15) is 0 Å². The van der Waals surface area contributed by atoms with Crippen LogP contribution in [0.3, 0.4) is 0 Å². The molecule has 0 radical (unpaired) electrons. The number of methoxy groups -OCH3 is 1. The van der Waals surface area contributed by atoms with Gasteiger partial charge in [-0.05, 0) is 31.2 Å². The van der Waals surface area contributed by atoms with Gasteiger partial charge < -0.3 is 18.6 Å². The summed E-state index contributed by atoms with van der Waals surface area (Å²) in [5.41, 5.74) is 0.638. The molecule has 0 spiro atoms. The number of pyridine rings is 1. The number of nitrogens with one attached hydrogen (secondary N) is 1. The summed E-state index contributed by atoms with van der Waals surface area (Å²) in [4.78, 5) is 39.8. The van der Waals surface area contributed by atoms with Crippen LogP contribution in [0.25, 0.3) is 11.0 Å². The maximum atomic E-state index is 12.4. The van der Waals surface area contributed by atoms with Crippen LogP contribution in [-0.4, -0.2) is 30.8 Å². The average Bonchev–Trinajstić information content (AvgIpc) is 2.71. The summed E-state index contributed by atoms with van der Waals surface area (Å²) in [6.45, 7) is 1.75. The molecule has 9 nitrogen and oxygen atoms in total. The van der Waals surface area contributed by atoms with E-state index in [1.165, 1.54) is 31.5 Å². The van der Waals surface area contributed by atoms with Crippen LogP contribution in [0.1, 0.15) is 22.8 Å². The second-order valence-electron chi connectivity index (χ2n) is 5.78. The number of esters is 1. The van der Waals surface area contributed by atoms with Gasteiger partial charge in [0.1, 0.15) is 17.8 Å². The van der Waals surface area contributed by atoms with Crippen molar-refractivity contribution < 1.29 is 28.2 Å². The van der Waals surface area contributed by atoms with Gasteiger partial charge in [0, 0.05) is 35.0 Å². The Morgan fingerprint density at radius 3 is 2.76 bits per heavy atom. The predicted molar refractivity (Wildman–Crippen MR) is 103 cm³/mol. The second kappa shape index (κ2) is 8.87. The zero-order valence-corrected chi connectivity index (χ0v) is 15.8. The molecule has 0 aliphatic rings. The van der Waals surface area contributed by atoms with E-state index in [1.807, 2.05) is 0 Å². The molecule has 0 aliphatic heterocycles. The normalized spacial score (nSPS) is 10.4. The highest BCUT2D eigenvalue weighted by atomic mass is 16.5. The number of anilines is 1. The van der Waals surface area contributed by atoms with Crippen molar-refractivity contribution >= 4 is 28.7 Å². The number of rotatable bonds is 6. The van der Waals surface area contributed by atoms with E-state index < -0.39 is 17.7 Å². The van der Waals surface area contributed by atoms with E-state index in [1.54, 1.807) is 25.1 Å². The molecule has 0 bridgehead atoms. The van der Waals surface area contributed by atoms with E-state index in [2.05, 4.69) is 10.3 Å². The lowest BCUT2D eigenvalue weighted by Crippen LogP contribution is -2.13. The smallest absolute Gasteiger partial charge is 0.411 e. The van der Waals surface area contributed by atoms with Gasteiger partial charge in [-0.25, -0.2) is 19.4 Å². The highest BCUT2D eigenvalue weighted by Gasteiger charge is 2.16. The molecule has 1 aromatic carbocycles. The zero-order valence-electron chi connectivity index (χ0n) is 15.8. The molecule has 1 amide bonds. The summed E-state index contributed by atoms with van der Waals surface area (Å²) in [7, 11) is 1.40. The van der Waals surface area contributed by atoms with Crippen LogP contribution in [0.2, 0.25) is 0 Å². The van der Waals surface area contributed by atoms with Crippen LogP contribution >= 0.6 is 0 Å². The number of carbonyl (C=O) groups excluding carboxylic acids is 2. The molecule has 3 aromatic rings. The van der Waals surface area contributed by atoms with Gasteiger partial charge in [0.05, 0.1) is 13.7 Å². The van der Waals surface area contributed by atoms with E-state index >= 15 is 0 Å². The molecular weight excluding hydrogens is 380 g/mol. The number of fused-ring (bicyclic) bond motifs is 1. The number of nitrogens with zero attached hydrogens (tertiary/aromatic N) is 1. The molecule has 0 atom stereocenters. The minimum atomic E-state index is -0.642. The molecule has 9 heteroatoms. The third-order valence-electron chi connectivity index (χ3n) is 3.90. The van der Waals surface area contributed by atoms with Crippen LogP contribution < -0.4 is 15.7 Å². The number of hydrogen-bond donors (Lipinski definition) is 1. The Morgan fingerprint density at radius 2 is 2.00 bits per heavy atom. The summed E-state index contributed by atoms with van der Waals surface area (Å²) >= 11 is 0. The lowest BCUT2D eigenvalue weighted by atomic mass is 10.1. The fraction of sp³-hybridized carbons (Fsp3) is 0.200. The summed E-state index contributed by atoms with van der Waals surface area (Å²) in [6, 6.07) is 9.11. The molecule has 2 heterocycles. The van der Waals surface area contributed by atoms with Gasteiger partial charge in [-0.3, -0.25) is 5.32 Å². The zero-order chi connectivity index (χ0) is 20.8. The number of carbonyl (C=O) groups is 2. The van der Waals surface area contributed by atoms with E-state index in [4.69, 9.17) is 18.6 Å². The van der Waals surface area contributed by atoms with Gasteiger partial charge in [0.25, 0.3) is 0 Å². The maximum Gasteiger partial charge on any atom is 0.411 e. The molecule has 0 unspecified atom stereocenters. The van der Waals surface area contributed by atoms with Gasteiger partial charge >= 0.3 is 17.7 Å². The maximum absolute atomic E-state index is 12.4. The van der Waals surface area contributed by atoms with Crippen molar-refractivity contribution in [2.24, 2.45) is 0 Å². The number of ether oxygens (including phenoxy) is 3. The fourth-order valence-electron chi connectivity index (χ4n) is 2.64. The molecule has 0 aliphatic carbocycles. The molecule has 0 fully saturated rings. The van der Waals surface area contributed by atoms with E-state index in [0.717, 1.165) is 0 Å². The first-order chi connectivity index (χ1) is 14.0. The first kappa shape index (κ1) is 19.9. The van der Waals surface area contributed by atoms with E-state index in [9.17, 15) is 14.4 Å². The van der Waals surface area contributed by atoms with Crippen molar-refractivity contribution in [1.29, 1.82) is 0 Å². The quantitative estimate of drug-likeness (QED) is 0.497. The van der Waals surface area contributed by atoms with Gasteiger partial charge in [-0.15, -0.1) is 0 Å². The summed E-state index contributed by atoms with van der Waals surface area (Å²) < 4.78 is 20.4. The minimum Gasteiger partial charge on any atom is -0.480 e. The Balaban J connectivity index is 1.83. The molecular formula is C20H18N2O7. The SMILES string of the molecule is CCOC(=O)Nc1ccc2c(COC(=O)c3cccnc3OC)cc(=O)oc2c1. The molecule has 3 rings (SSSR count). The number of aromatic nitrogens is 1. The van der Waals surface area contributed by atoms with Gasteiger partial charge in [-0.1, -0.05) is 0 Å². The first-order valence-electron chi connectivity index (χ1n) is 8.68. The lowest BCUT2D eigenvalue weighted by Gasteiger charge is -2.10. The van der Waals surface area contributed by atoms with Crippen LogP contribution in [0, 0.1) is 0 Å². The van der Waals surface area contributed by atoms with Crippen LogP contribution in [0.5, 0.6) is 5.88 Å². The average molecular weight is 398 g/mol. The summed E-state index contributed by atoms with van der Waals surface area (Å²) in [6.07, 6.45) is 0.873. The standard InChI is InChI=1S/C20H18N2O7/c1-3-27-20(25)22-13-6-7-14-12(9-17(23)29-16(14)10-13)11-28-19(24)15-5-4-8-21-18(15)26-2/h4-10H,3,11H2,1-2H3,(H,22,25). The van der Waals surface area contributed by atoms with Crippen LogP contribution in [0.15, 0.2) is 51.8 Å². The van der Waals surface area contributed by atoms with Gasteiger partial charge in [0.2, 0.25) is 5.88 Å². The topological polar surface area (TPSA) is 117 Å². The molecule has 0 saturated heterocycles. The lowest BCUT2D eigenvalue weighted by molar-refractivity contribution is 0.0469. The largest absolute Gasteiger partial charge is 0.480 e. The van der Waals surface area contributed by atoms with Gasteiger partial charge in [0.15, 0.2) is 0 Å². The van der Waals surface area contributed by atoms with E-state index in [0.29, 0.717) is 16.6 Å². The van der Waals surface area contributed by atoms with E-state index in [-0.39, 0.29) is 30.2 Å². The van der Waals surface area contributed by atoms with Crippen LogP contribution in [-0.2, 0) is 16.1 Å². The third kappa shape index (κ3) is 4.70. The third-order valence-corrected chi connectivity index (χ3v) is 3.90. The summed E-state index contributed by atoms with van der Waals surface area (Å²) in [5.74, 6) is -0.499. The minimum absolute atomic E-state index is 0.143. The van der Waals surface area contributed by atoms with Crippen molar-refractivity contribution in [3.63, 3.8) is 0 Å². The molecule has 150 valence electrons. The Hall–Kier alpha value is -3.88. The Morgan fingerprint density at radius 1 is 1.17 bits per heavy atom. The Kier molecular flexibility index (Phi) is 6.08. The van der Waals surface area contributed by atoms with Crippen molar-refractivity contribution in [3.8, 4) is 5.88 Å². The molecule has 29 heavy (non-hydrogen) atoms. The number of amides is 1. The van der Waals surface area contributed by atoms with Crippen molar-refractivity contribution in [2.75, 3.05) is 19.0 Å². The monoisotopic (exact) mass is 398 g/mol. The Bertz CT molecular complexity index is 1110.